The van der Waals surface area contributed by atoms with Crippen LogP contribution in [-0.4, -0.2) is 29.5 Å². The quantitative estimate of drug-likeness (QED) is 0.553. The molecule has 0 bridgehead atoms. The molecule has 0 aromatic heterocycles. The predicted molar refractivity (Wildman–Crippen MR) is 109 cm³/mol. The van der Waals surface area contributed by atoms with Gasteiger partial charge < -0.3 is 9.84 Å². The molecule has 2 aromatic carbocycles. The average molecular weight is 401 g/mol. The number of rotatable bonds is 4. The minimum Gasteiger partial charge on any atom is -0.506 e. The first-order valence-corrected chi connectivity index (χ1v) is 9.96. The summed E-state index contributed by atoms with van der Waals surface area (Å²) in [4.78, 5) is 18.1. The van der Waals surface area contributed by atoms with E-state index in [4.69, 9.17) is 4.74 Å². The number of aliphatic hydroxyl groups excluding tert-OH is 1. The molecule has 0 saturated carbocycles. The molecular formula is C20H16FNO3S2. The van der Waals surface area contributed by atoms with Gasteiger partial charge in [-0.25, -0.2) is 14.2 Å². The van der Waals surface area contributed by atoms with Crippen LogP contribution in [-0.2, 0) is 9.53 Å². The summed E-state index contributed by atoms with van der Waals surface area (Å²) >= 11 is 2.80. The van der Waals surface area contributed by atoms with Gasteiger partial charge in [0.15, 0.2) is 0 Å². The highest BCUT2D eigenvalue weighted by molar-refractivity contribution is 8.18. The van der Waals surface area contributed by atoms with Crippen molar-refractivity contribution in [2.45, 2.75) is 4.90 Å². The van der Waals surface area contributed by atoms with Crippen molar-refractivity contribution in [3.05, 3.63) is 76.1 Å². The second-order valence-corrected chi connectivity index (χ2v) is 7.40. The maximum Gasteiger partial charge on any atom is 0.344 e. The van der Waals surface area contributed by atoms with E-state index in [9.17, 15) is 14.3 Å². The fourth-order valence-electron chi connectivity index (χ4n) is 2.37. The Kier molecular flexibility index (Phi) is 6.03. The van der Waals surface area contributed by atoms with E-state index >= 15 is 0 Å². The standard InChI is InChI=1S/C20H16FNO3S2/c1-25-20(24)17-18(23)16(11-12-3-9-15(26-2)10-4-12)27-19(17)22-14-7-5-13(21)6-8-14/h3-11,23H,1-2H3. The number of ether oxygens (including phenoxy) is 1. The zero-order valence-electron chi connectivity index (χ0n) is 14.6. The topological polar surface area (TPSA) is 58.9 Å². The van der Waals surface area contributed by atoms with Crippen molar-refractivity contribution in [3.63, 3.8) is 0 Å². The van der Waals surface area contributed by atoms with Gasteiger partial charge in [0, 0.05) is 4.90 Å². The van der Waals surface area contributed by atoms with Crippen LogP contribution in [0.2, 0.25) is 0 Å². The monoisotopic (exact) mass is 401 g/mol. The van der Waals surface area contributed by atoms with Crippen LogP contribution in [0.1, 0.15) is 5.56 Å². The molecule has 0 unspecified atom stereocenters. The number of halogens is 1. The van der Waals surface area contributed by atoms with Crippen LogP contribution in [0.5, 0.6) is 0 Å². The second kappa shape index (κ2) is 8.45. The third-order valence-electron chi connectivity index (χ3n) is 3.75. The lowest BCUT2D eigenvalue weighted by Crippen LogP contribution is -2.10. The average Bonchev–Trinajstić information content (AvgIpc) is 2.98. The summed E-state index contributed by atoms with van der Waals surface area (Å²) in [5.74, 6) is -1.23. The SMILES string of the molecule is COC(=O)C1=C(O)C(=Cc2ccc(SC)cc2)SC1=Nc1ccc(F)cc1. The molecule has 4 nitrogen and oxygen atoms in total. The van der Waals surface area contributed by atoms with Gasteiger partial charge in [-0.3, -0.25) is 0 Å². The second-order valence-electron chi connectivity index (χ2n) is 5.49. The Hall–Kier alpha value is -2.51. The Morgan fingerprint density at radius 2 is 1.85 bits per heavy atom. The molecule has 0 radical (unpaired) electrons. The predicted octanol–water partition coefficient (Wildman–Crippen LogP) is 5.35. The smallest absolute Gasteiger partial charge is 0.344 e. The van der Waals surface area contributed by atoms with Gasteiger partial charge in [-0.2, -0.15) is 0 Å². The molecule has 1 heterocycles. The number of hydrogen-bond donors (Lipinski definition) is 1. The normalized spacial score (nSPS) is 17.0. The number of esters is 1. The zero-order valence-corrected chi connectivity index (χ0v) is 16.2. The zero-order chi connectivity index (χ0) is 19.4. The fourth-order valence-corrected chi connectivity index (χ4v) is 3.82. The van der Waals surface area contributed by atoms with E-state index in [1.54, 1.807) is 17.8 Å². The van der Waals surface area contributed by atoms with Crippen LogP contribution in [0.15, 0.2) is 74.7 Å². The van der Waals surface area contributed by atoms with Crippen LogP contribution in [0.4, 0.5) is 10.1 Å². The number of carbonyl (C=O) groups is 1. The van der Waals surface area contributed by atoms with Crippen molar-refractivity contribution in [2.24, 2.45) is 4.99 Å². The van der Waals surface area contributed by atoms with Gasteiger partial charge in [0.25, 0.3) is 0 Å². The third kappa shape index (κ3) is 4.43. The number of aliphatic hydroxyl groups is 1. The van der Waals surface area contributed by atoms with Crippen molar-refractivity contribution >= 4 is 46.3 Å². The summed E-state index contributed by atoms with van der Waals surface area (Å²) < 4.78 is 17.9. The molecule has 138 valence electrons. The maximum atomic E-state index is 13.1. The Bertz CT molecular complexity index is 948. The number of methoxy groups -OCH3 is 1. The molecule has 1 aliphatic rings. The largest absolute Gasteiger partial charge is 0.506 e. The number of nitrogens with zero attached hydrogens (tertiary/aromatic N) is 1. The highest BCUT2D eigenvalue weighted by Crippen LogP contribution is 2.40. The molecule has 1 N–H and O–H groups in total. The van der Waals surface area contributed by atoms with E-state index in [0.29, 0.717) is 15.6 Å². The molecule has 1 aliphatic heterocycles. The lowest BCUT2D eigenvalue weighted by molar-refractivity contribution is -0.135. The van der Waals surface area contributed by atoms with Gasteiger partial charge in [-0.15, -0.1) is 11.8 Å². The lowest BCUT2D eigenvalue weighted by atomic mass is 10.1. The van der Waals surface area contributed by atoms with E-state index in [1.807, 2.05) is 30.5 Å². The summed E-state index contributed by atoms with van der Waals surface area (Å²) in [6.45, 7) is 0. The fraction of sp³-hybridized carbons (Fsp3) is 0.100. The minimum atomic E-state index is -0.679. The third-order valence-corrected chi connectivity index (χ3v) is 5.51. The van der Waals surface area contributed by atoms with E-state index in [1.165, 1.54) is 31.4 Å². The molecular weight excluding hydrogens is 385 g/mol. The summed E-state index contributed by atoms with van der Waals surface area (Å²) in [5, 5.41) is 10.9. The maximum absolute atomic E-state index is 13.1. The Morgan fingerprint density at radius 3 is 2.44 bits per heavy atom. The first-order chi connectivity index (χ1) is 13.0. The number of hydrogen-bond acceptors (Lipinski definition) is 6. The van der Waals surface area contributed by atoms with E-state index in [2.05, 4.69) is 4.99 Å². The molecule has 7 heteroatoms. The van der Waals surface area contributed by atoms with Crippen LogP contribution in [0, 0.1) is 5.82 Å². The number of benzene rings is 2. The molecule has 0 saturated heterocycles. The summed E-state index contributed by atoms with van der Waals surface area (Å²) in [7, 11) is 1.24. The summed E-state index contributed by atoms with van der Waals surface area (Å²) in [5.41, 5.74) is 1.35. The molecule has 27 heavy (non-hydrogen) atoms. The first-order valence-electron chi connectivity index (χ1n) is 7.92. The van der Waals surface area contributed by atoms with Crippen molar-refractivity contribution in [2.75, 3.05) is 13.4 Å². The molecule has 0 spiro atoms. The van der Waals surface area contributed by atoms with Crippen molar-refractivity contribution in [1.29, 1.82) is 0 Å². The van der Waals surface area contributed by atoms with Gasteiger partial charge in [0.05, 0.1) is 17.7 Å². The molecule has 0 fully saturated rings. The molecule has 0 atom stereocenters. The van der Waals surface area contributed by atoms with Crippen LogP contribution >= 0.6 is 23.5 Å². The van der Waals surface area contributed by atoms with Gasteiger partial charge >= 0.3 is 5.97 Å². The highest BCUT2D eigenvalue weighted by Gasteiger charge is 2.32. The summed E-state index contributed by atoms with van der Waals surface area (Å²) in [6, 6.07) is 13.4. The van der Waals surface area contributed by atoms with Gasteiger partial charge in [-0.05, 0) is 54.3 Å². The van der Waals surface area contributed by atoms with Crippen molar-refractivity contribution in [1.82, 2.24) is 0 Å². The van der Waals surface area contributed by atoms with Crippen LogP contribution in [0.25, 0.3) is 6.08 Å². The van der Waals surface area contributed by atoms with Crippen molar-refractivity contribution < 1.29 is 19.0 Å². The molecule has 0 amide bonds. The first kappa shape index (κ1) is 19.3. The Morgan fingerprint density at radius 1 is 1.19 bits per heavy atom. The summed E-state index contributed by atoms with van der Waals surface area (Å²) in [6.07, 6.45) is 3.77. The Labute approximate surface area is 164 Å². The van der Waals surface area contributed by atoms with Gasteiger partial charge in [0.1, 0.15) is 22.2 Å². The highest BCUT2D eigenvalue weighted by atomic mass is 32.2. The number of aliphatic imine (C=N–C) groups is 1. The molecule has 2 aromatic rings. The number of carbonyl (C=O) groups excluding carboxylic acids is 1. The van der Waals surface area contributed by atoms with Gasteiger partial charge in [-0.1, -0.05) is 23.9 Å². The van der Waals surface area contributed by atoms with Crippen LogP contribution in [0.3, 0.4) is 0 Å². The van der Waals surface area contributed by atoms with E-state index in [-0.39, 0.29) is 17.1 Å². The van der Waals surface area contributed by atoms with E-state index in [0.717, 1.165) is 22.2 Å². The molecule has 0 aliphatic carbocycles. The number of thioether (sulfide) groups is 2. The minimum absolute atomic E-state index is 0.00110. The van der Waals surface area contributed by atoms with Gasteiger partial charge in [0.2, 0.25) is 0 Å². The van der Waals surface area contributed by atoms with E-state index < -0.39 is 5.97 Å². The van der Waals surface area contributed by atoms with Crippen molar-refractivity contribution in [3.8, 4) is 0 Å². The van der Waals surface area contributed by atoms with Crippen LogP contribution < -0.4 is 0 Å². The molecule has 3 rings (SSSR count). The Balaban J connectivity index is 1.99. The lowest BCUT2D eigenvalue weighted by Gasteiger charge is -2.01.